The summed E-state index contributed by atoms with van der Waals surface area (Å²) in [5.41, 5.74) is 2.10. The molecule has 0 saturated heterocycles. The minimum atomic E-state index is -0.962. The number of carbonyl (C=O) groups excluding carboxylic acids is 1. The number of carboxylic acid groups (broad SMARTS) is 1. The number of pyridine rings is 1. The third-order valence-electron chi connectivity index (χ3n) is 3.77. The van der Waals surface area contributed by atoms with Crippen molar-refractivity contribution >= 4 is 11.9 Å². The highest BCUT2D eigenvalue weighted by molar-refractivity contribution is 5.95. The number of aryl methyl sites for hydroxylation is 1. The summed E-state index contributed by atoms with van der Waals surface area (Å²) in [6.45, 7) is 5.76. The number of nitrogens with zero attached hydrogens (tertiary/aromatic N) is 1. The van der Waals surface area contributed by atoms with Crippen molar-refractivity contribution in [2.75, 3.05) is 13.2 Å². The van der Waals surface area contributed by atoms with Gasteiger partial charge in [0.1, 0.15) is 6.61 Å². The van der Waals surface area contributed by atoms with Crippen LogP contribution in [0.5, 0.6) is 5.75 Å². The van der Waals surface area contributed by atoms with Crippen LogP contribution in [0.15, 0.2) is 55.3 Å². The van der Waals surface area contributed by atoms with E-state index in [4.69, 9.17) is 4.74 Å². The fraction of sp³-hybridized carbons (Fsp3) is 0.250. The van der Waals surface area contributed by atoms with Gasteiger partial charge in [-0.25, -0.2) is 4.98 Å². The van der Waals surface area contributed by atoms with Crippen molar-refractivity contribution in [3.05, 3.63) is 72.1 Å². The number of benzene rings is 1. The SMILES string of the molecule is C=CCOc1cccnc1C(=O)NCC(Cc1cccc(C)c1)C(=O)O. The van der Waals surface area contributed by atoms with E-state index in [1.165, 1.54) is 6.20 Å². The number of rotatable bonds is 9. The van der Waals surface area contributed by atoms with Crippen LogP contribution in [-0.2, 0) is 11.2 Å². The van der Waals surface area contributed by atoms with Gasteiger partial charge < -0.3 is 15.2 Å². The average Bonchev–Trinajstić information content (AvgIpc) is 2.63. The van der Waals surface area contributed by atoms with E-state index in [0.717, 1.165) is 11.1 Å². The van der Waals surface area contributed by atoms with E-state index in [9.17, 15) is 14.7 Å². The maximum absolute atomic E-state index is 12.4. The lowest BCUT2D eigenvalue weighted by Gasteiger charge is -2.15. The smallest absolute Gasteiger partial charge is 0.308 e. The number of aromatic nitrogens is 1. The van der Waals surface area contributed by atoms with E-state index in [1.807, 2.05) is 31.2 Å². The lowest BCUT2D eigenvalue weighted by atomic mass is 9.98. The zero-order valence-electron chi connectivity index (χ0n) is 14.6. The van der Waals surface area contributed by atoms with Gasteiger partial charge in [0.2, 0.25) is 0 Å². The number of aliphatic carboxylic acids is 1. The highest BCUT2D eigenvalue weighted by Crippen LogP contribution is 2.16. The molecule has 1 atom stereocenters. The predicted molar refractivity (Wildman–Crippen MR) is 98.3 cm³/mol. The molecule has 2 rings (SSSR count). The fourth-order valence-electron chi connectivity index (χ4n) is 2.50. The quantitative estimate of drug-likeness (QED) is 0.676. The van der Waals surface area contributed by atoms with E-state index in [2.05, 4.69) is 16.9 Å². The van der Waals surface area contributed by atoms with Gasteiger partial charge in [0, 0.05) is 12.7 Å². The first-order valence-corrected chi connectivity index (χ1v) is 8.26. The molecule has 1 aromatic heterocycles. The number of carbonyl (C=O) groups is 2. The normalized spacial score (nSPS) is 11.4. The standard InChI is InChI=1S/C20H22N2O4/c1-3-10-26-17-8-5-9-21-18(17)19(23)22-13-16(20(24)25)12-15-7-4-6-14(2)11-15/h3-9,11,16H,1,10,12-13H2,2H3,(H,22,23)(H,24,25). The van der Waals surface area contributed by atoms with Gasteiger partial charge in [-0.05, 0) is 31.0 Å². The number of hydrogen-bond acceptors (Lipinski definition) is 4. The molecule has 0 spiro atoms. The van der Waals surface area contributed by atoms with Crippen molar-refractivity contribution in [2.24, 2.45) is 5.92 Å². The molecule has 0 bridgehead atoms. The van der Waals surface area contributed by atoms with Crippen molar-refractivity contribution in [3.63, 3.8) is 0 Å². The second kappa shape index (κ2) is 9.36. The molecule has 0 fully saturated rings. The van der Waals surface area contributed by atoms with E-state index in [1.54, 1.807) is 18.2 Å². The number of amides is 1. The van der Waals surface area contributed by atoms with Crippen LogP contribution in [0.3, 0.4) is 0 Å². The Hall–Kier alpha value is -3.15. The maximum atomic E-state index is 12.4. The number of nitrogens with one attached hydrogen (secondary N) is 1. The van der Waals surface area contributed by atoms with E-state index < -0.39 is 17.8 Å². The number of carboxylic acids is 1. The molecule has 0 saturated carbocycles. The Kier molecular flexibility index (Phi) is 6.91. The van der Waals surface area contributed by atoms with Gasteiger partial charge in [0.15, 0.2) is 11.4 Å². The molecule has 1 unspecified atom stereocenters. The predicted octanol–water partition coefficient (Wildman–Crippen LogP) is 2.63. The minimum absolute atomic E-state index is 0.000415. The van der Waals surface area contributed by atoms with E-state index in [0.29, 0.717) is 12.2 Å². The van der Waals surface area contributed by atoms with Gasteiger partial charge in [-0.15, -0.1) is 0 Å². The monoisotopic (exact) mass is 354 g/mol. The Bertz CT molecular complexity index is 789. The molecule has 1 aromatic carbocycles. The molecule has 0 aliphatic carbocycles. The van der Waals surface area contributed by atoms with Crippen molar-refractivity contribution in [2.45, 2.75) is 13.3 Å². The molecule has 1 amide bonds. The first-order chi connectivity index (χ1) is 12.5. The largest absolute Gasteiger partial charge is 0.487 e. The Morgan fingerprint density at radius 3 is 2.85 bits per heavy atom. The zero-order chi connectivity index (χ0) is 18.9. The Labute approximate surface area is 152 Å². The first-order valence-electron chi connectivity index (χ1n) is 8.26. The molecule has 1 heterocycles. The van der Waals surface area contributed by atoms with E-state index >= 15 is 0 Å². The highest BCUT2D eigenvalue weighted by atomic mass is 16.5. The second-order valence-corrected chi connectivity index (χ2v) is 5.89. The van der Waals surface area contributed by atoms with Crippen molar-refractivity contribution in [1.82, 2.24) is 10.3 Å². The summed E-state index contributed by atoms with van der Waals surface area (Å²) in [6, 6.07) is 11.0. The van der Waals surface area contributed by atoms with Crippen molar-refractivity contribution in [1.29, 1.82) is 0 Å². The Morgan fingerprint density at radius 2 is 2.15 bits per heavy atom. The van der Waals surface area contributed by atoms with Gasteiger partial charge in [-0.2, -0.15) is 0 Å². The molecule has 6 heteroatoms. The van der Waals surface area contributed by atoms with Crippen LogP contribution in [0.1, 0.15) is 21.6 Å². The molecular weight excluding hydrogens is 332 g/mol. The molecule has 0 radical (unpaired) electrons. The molecule has 2 N–H and O–H groups in total. The molecule has 2 aromatic rings. The summed E-state index contributed by atoms with van der Waals surface area (Å²) in [5, 5.41) is 12.1. The molecule has 136 valence electrons. The third-order valence-corrected chi connectivity index (χ3v) is 3.77. The summed E-state index contributed by atoms with van der Waals surface area (Å²) in [4.78, 5) is 28.0. The third kappa shape index (κ3) is 5.44. The fourth-order valence-corrected chi connectivity index (χ4v) is 2.50. The topological polar surface area (TPSA) is 88.5 Å². The van der Waals surface area contributed by atoms with E-state index in [-0.39, 0.29) is 18.8 Å². The van der Waals surface area contributed by atoms with Crippen molar-refractivity contribution < 1.29 is 19.4 Å². The number of hydrogen-bond donors (Lipinski definition) is 2. The van der Waals surface area contributed by atoms with Gasteiger partial charge in [0.05, 0.1) is 5.92 Å². The molecule has 26 heavy (non-hydrogen) atoms. The summed E-state index contributed by atoms with van der Waals surface area (Å²) in [6.07, 6.45) is 3.38. The summed E-state index contributed by atoms with van der Waals surface area (Å²) < 4.78 is 5.41. The highest BCUT2D eigenvalue weighted by Gasteiger charge is 2.21. The van der Waals surface area contributed by atoms with Crippen LogP contribution in [0.4, 0.5) is 0 Å². The lowest BCUT2D eigenvalue weighted by Crippen LogP contribution is -2.34. The van der Waals surface area contributed by atoms with Gasteiger partial charge in [-0.3, -0.25) is 9.59 Å². The first kappa shape index (κ1) is 19.2. The number of ether oxygens (including phenoxy) is 1. The van der Waals surface area contributed by atoms with Crippen molar-refractivity contribution in [3.8, 4) is 5.75 Å². The molecule has 6 nitrogen and oxygen atoms in total. The van der Waals surface area contributed by atoms with Gasteiger partial charge in [-0.1, -0.05) is 42.5 Å². The average molecular weight is 354 g/mol. The van der Waals surface area contributed by atoms with Crippen LogP contribution in [0, 0.1) is 12.8 Å². The lowest BCUT2D eigenvalue weighted by molar-refractivity contribution is -0.141. The summed E-state index contributed by atoms with van der Waals surface area (Å²) in [5.74, 6) is -1.84. The zero-order valence-corrected chi connectivity index (χ0v) is 14.6. The van der Waals surface area contributed by atoms with Gasteiger partial charge >= 0.3 is 5.97 Å². The summed E-state index contributed by atoms with van der Waals surface area (Å²) in [7, 11) is 0. The molecule has 0 aliphatic heterocycles. The maximum Gasteiger partial charge on any atom is 0.308 e. The molecule has 0 aliphatic rings. The van der Waals surface area contributed by atoms with Gasteiger partial charge in [0.25, 0.3) is 5.91 Å². The van der Waals surface area contributed by atoms with Crippen LogP contribution in [0.25, 0.3) is 0 Å². The Balaban J connectivity index is 2.03. The minimum Gasteiger partial charge on any atom is -0.487 e. The van der Waals surface area contributed by atoms with Crippen LogP contribution in [-0.4, -0.2) is 35.1 Å². The van der Waals surface area contributed by atoms with Crippen LogP contribution < -0.4 is 10.1 Å². The Morgan fingerprint density at radius 1 is 1.35 bits per heavy atom. The van der Waals surface area contributed by atoms with Crippen LogP contribution >= 0.6 is 0 Å². The van der Waals surface area contributed by atoms with Crippen LogP contribution in [0.2, 0.25) is 0 Å². The second-order valence-electron chi connectivity index (χ2n) is 5.89. The summed E-state index contributed by atoms with van der Waals surface area (Å²) >= 11 is 0. The molecular formula is C20H22N2O4.